The van der Waals surface area contributed by atoms with E-state index in [4.69, 9.17) is 0 Å². The van der Waals surface area contributed by atoms with Crippen molar-refractivity contribution in [2.75, 3.05) is 11.6 Å². The SMILES string of the molecule is CC(C)c1csc(NC(=O)c2cccc(S(C)(=O)=O)c2)n1. The fourth-order valence-electron chi connectivity index (χ4n) is 1.65. The highest BCUT2D eigenvalue weighted by Crippen LogP contribution is 2.22. The van der Waals surface area contributed by atoms with Crippen LogP contribution in [-0.4, -0.2) is 25.6 Å². The molecule has 0 spiro atoms. The third kappa shape index (κ3) is 3.89. The van der Waals surface area contributed by atoms with Crippen molar-refractivity contribution < 1.29 is 13.2 Å². The first-order valence-electron chi connectivity index (χ1n) is 6.34. The molecule has 5 nitrogen and oxygen atoms in total. The Hall–Kier alpha value is -1.73. The Balaban J connectivity index is 2.20. The Kier molecular flexibility index (Phi) is 4.43. The van der Waals surface area contributed by atoms with E-state index in [1.54, 1.807) is 12.1 Å². The van der Waals surface area contributed by atoms with Crippen LogP contribution in [0.2, 0.25) is 0 Å². The summed E-state index contributed by atoms with van der Waals surface area (Å²) in [5.41, 5.74) is 1.21. The summed E-state index contributed by atoms with van der Waals surface area (Å²) in [6.07, 6.45) is 1.11. The zero-order chi connectivity index (χ0) is 15.6. The van der Waals surface area contributed by atoms with Crippen molar-refractivity contribution in [1.82, 2.24) is 4.98 Å². The summed E-state index contributed by atoms with van der Waals surface area (Å²) in [7, 11) is -3.33. The van der Waals surface area contributed by atoms with Gasteiger partial charge >= 0.3 is 0 Å². The van der Waals surface area contributed by atoms with Crippen LogP contribution in [0.4, 0.5) is 5.13 Å². The van der Waals surface area contributed by atoms with E-state index in [2.05, 4.69) is 10.3 Å². The number of benzene rings is 1. The lowest BCUT2D eigenvalue weighted by Gasteiger charge is -2.04. The number of amides is 1. The fourth-order valence-corrected chi connectivity index (χ4v) is 3.18. The second kappa shape index (κ2) is 5.95. The topological polar surface area (TPSA) is 76.1 Å². The largest absolute Gasteiger partial charge is 0.298 e. The number of rotatable bonds is 4. The van der Waals surface area contributed by atoms with Crippen molar-refractivity contribution in [3.63, 3.8) is 0 Å². The molecule has 21 heavy (non-hydrogen) atoms. The van der Waals surface area contributed by atoms with Crippen molar-refractivity contribution in [2.45, 2.75) is 24.7 Å². The summed E-state index contributed by atoms with van der Waals surface area (Å²) in [4.78, 5) is 16.6. The van der Waals surface area contributed by atoms with E-state index >= 15 is 0 Å². The number of anilines is 1. The van der Waals surface area contributed by atoms with Crippen LogP contribution in [0.1, 0.15) is 35.8 Å². The summed E-state index contributed by atoms with van der Waals surface area (Å²) in [5.74, 6) is -0.0781. The molecule has 0 unspecified atom stereocenters. The first-order valence-corrected chi connectivity index (χ1v) is 9.11. The highest BCUT2D eigenvalue weighted by atomic mass is 32.2. The molecule has 0 fully saturated rings. The molecule has 1 heterocycles. The fraction of sp³-hybridized carbons (Fsp3) is 0.286. The molecule has 1 aromatic heterocycles. The van der Waals surface area contributed by atoms with E-state index in [9.17, 15) is 13.2 Å². The lowest BCUT2D eigenvalue weighted by molar-refractivity contribution is 0.102. The highest BCUT2D eigenvalue weighted by Gasteiger charge is 2.13. The molecule has 0 radical (unpaired) electrons. The van der Waals surface area contributed by atoms with Gasteiger partial charge in [0.15, 0.2) is 15.0 Å². The Morgan fingerprint density at radius 3 is 2.62 bits per heavy atom. The molecule has 0 bridgehead atoms. The van der Waals surface area contributed by atoms with Gasteiger partial charge in [-0.05, 0) is 24.1 Å². The minimum absolute atomic E-state index is 0.122. The van der Waals surface area contributed by atoms with Crippen molar-refractivity contribution in [3.05, 3.63) is 40.9 Å². The number of nitrogens with zero attached hydrogens (tertiary/aromatic N) is 1. The predicted molar refractivity (Wildman–Crippen MR) is 83.7 cm³/mol. The number of carbonyl (C=O) groups excluding carboxylic acids is 1. The maximum Gasteiger partial charge on any atom is 0.257 e. The minimum atomic E-state index is -3.33. The minimum Gasteiger partial charge on any atom is -0.298 e. The highest BCUT2D eigenvalue weighted by molar-refractivity contribution is 7.90. The van der Waals surface area contributed by atoms with E-state index in [0.717, 1.165) is 11.9 Å². The van der Waals surface area contributed by atoms with E-state index < -0.39 is 9.84 Å². The van der Waals surface area contributed by atoms with Crippen LogP contribution < -0.4 is 5.32 Å². The zero-order valence-electron chi connectivity index (χ0n) is 12.0. The van der Waals surface area contributed by atoms with Crippen molar-refractivity contribution in [1.29, 1.82) is 0 Å². The van der Waals surface area contributed by atoms with E-state index in [0.29, 0.717) is 16.6 Å². The summed E-state index contributed by atoms with van der Waals surface area (Å²) in [5, 5.41) is 5.09. The molecule has 0 atom stereocenters. The number of thiazole rings is 1. The van der Waals surface area contributed by atoms with Gasteiger partial charge in [0, 0.05) is 17.2 Å². The van der Waals surface area contributed by atoms with Gasteiger partial charge in [-0.1, -0.05) is 19.9 Å². The Labute approximate surface area is 128 Å². The molecule has 2 aromatic rings. The molecular weight excluding hydrogens is 308 g/mol. The van der Waals surface area contributed by atoms with E-state index in [-0.39, 0.29) is 10.8 Å². The van der Waals surface area contributed by atoms with Crippen molar-refractivity contribution in [3.8, 4) is 0 Å². The summed E-state index contributed by atoms with van der Waals surface area (Å²) in [6.45, 7) is 4.05. The second-order valence-electron chi connectivity index (χ2n) is 4.99. The average Bonchev–Trinajstić information content (AvgIpc) is 2.86. The van der Waals surface area contributed by atoms with Crippen LogP contribution in [0.25, 0.3) is 0 Å². The number of sulfone groups is 1. The third-order valence-corrected chi connectivity index (χ3v) is 4.74. The molecule has 112 valence electrons. The van der Waals surface area contributed by atoms with Crippen LogP contribution in [0.3, 0.4) is 0 Å². The quantitative estimate of drug-likeness (QED) is 0.938. The van der Waals surface area contributed by atoms with Crippen LogP contribution in [0.15, 0.2) is 34.5 Å². The van der Waals surface area contributed by atoms with Gasteiger partial charge in [-0.25, -0.2) is 13.4 Å². The molecule has 0 aliphatic rings. The van der Waals surface area contributed by atoms with Crippen LogP contribution in [0, 0.1) is 0 Å². The maximum atomic E-state index is 12.1. The maximum absolute atomic E-state index is 12.1. The molecule has 2 rings (SSSR count). The Morgan fingerprint density at radius 2 is 2.05 bits per heavy atom. The number of hydrogen-bond donors (Lipinski definition) is 1. The van der Waals surface area contributed by atoms with E-state index in [1.807, 2.05) is 19.2 Å². The Bertz CT molecular complexity index is 764. The number of nitrogens with one attached hydrogen (secondary N) is 1. The molecule has 0 aliphatic carbocycles. The first kappa shape index (κ1) is 15.7. The smallest absolute Gasteiger partial charge is 0.257 e. The molecule has 1 amide bonds. The van der Waals surface area contributed by atoms with Gasteiger partial charge < -0.3 is 0 Å². The summed E-state index contributed by atoms with van der Waals surface area (Å²) < 4.78 is 23.0. The van der Waals surface area contributed by atoms with Gasteiger partial charge in [0.05, 0.1) is 10.6 Å². The van der Waals surface area contributed by atoms with Gasteiger partial charge in [0.25, 0.3) is 5.91 Å². The predicted octanol–water partition coefficient (Wildman–Crippen LogP) is 2.92. The van der Waals surface area contributed by atoms with Gasteiger partial charge in [0.2, 0.25) is 0 Å². The summed E-state index contributed by atoms with van der Waals surface area (Å²) >= 11 is 1.35. The van der Waals surface area contributed by atoms with Crippen LogP contribution in [-0.2, 0) is 9.84 Å². The van der Waals surface area contributed by atoms with Gasteiger partial charge in [-0.3, -0.25) is 10.1 Å². The molecule has 0 saturated heterocycles. The first-order chi connectivity index (χ1) is 9.77. The third-order valence-electron chi connectivity index (χ3n) is 2.86. The number of aromatic nitrogens is 1. The normalized spacial score (nSPS) is 11.6. The number of hydrogen-bond acceptors (Lipinski definition) is 5. The zero-order valence-corrected chi connectivity index (χ0v) is 13.6. The van der Waals surface area contributed by atoms with Crippen LogP contribution in [0.5, 0.6) is 0 Å². The van der Waals surface area contributed by atoms with Crippen LogP contribution >= 0.6 is 11.3 Å². The monoisotopic (exact) mass is 324 g/mol. The van der Waals surface area contributed by atoms with Gasteiger partial charge in [0.1, 0.15) is 0 Å². The second-order valence-corrected chi connectivity index (χ2v) is 7.86. The van der Waals surface area contributed by atoms with Crippen molar-refractivity contribution >= 4 is 32.2 Å². The Morgan fingerprint density at radius 1 is 1.33 bits per heavy atom. The number of carbonyl (C=O) groups is 1. The summed E-state index contributed by atoms with van der Waals surface area (Å²) in [6, 6.07) is 5.95. The lowest BCUT2D eigenvalue weighted by atomic mass is 10.2. The van der Waals surface area contributed by atoms with E-state index in [1.165, 1.54) is 23.5 Å². The van der Waals surface area contributed by atoms with Gasteiger partial charge in [-0.15, -0.1) is 11.3 Å². The lowest BCUT2D eigenvalue weighted by Crippen LogP contribution is -2.12. The molecule has 0 aliphatic heterocycles. The van der Waals surface area contributed by atoms with Crippen molar-refractivity contribution in [2.24, 2.45) is 0 Å². The molecular formula is C14H16N2O3S2. The molecule has 7 heteroatoms. The van der Waals surface area contributed by atoms with Gasteiger partial charge in [-0.2, -0.15) is 0 Å². The standard InChI is InChI=1S/C14H16N2O3S2/c1-9(2)12-8-20-14(15-12)16-13(17)10-5-4-6-11(7-10)21(3,18)19/h4-9H,1-3H3,(H,15,16,17). The average molecular weight is 324 g/mol. The molecule has 1 N–H and O–H groups in total. The molecule has 0 saturated carbocycles. The molecule has 1 aromatic carbocycles.